The summed E-state index contributed by atoms with van der Waals surface area (Å²) in [6.45, 7) is 8.93. The molecule has 1 spiro atoms. The third-order valence-electron chi connectivity index (χ3n) is 10.5. The number of sulfonamides is 1. The van der Waals surface area contributed by atoms with Crippen LogP contribution in [-0.4, -0.2) is 72.1 Å². The van der Waals surface area contributed by atoms with E-state index < -0.39 is 45.3 Å². The number of aryl methyl sites for hydroxylation is 2. The van der Waals surface area contributed by atoms with Crippen molar-refractivity contribution in [3.05, 3.63) is 65.2 Å². The fraction of sp³-hybridized carbons (Fsp3) is 0.526. The van der Waals surface area contributed by atoms with Crippen LogP contribution in [0.25, 0.3) is 11.3 Å². The van der Waals surface area contributed by atoms with Crippen molar-refractivity contribution in [3.8, 4) is 17.1 Å². The summed E-state index contributed by atoms with van der Waals surface area (Å²) < 4.78 is 83.2. The number of nitrogens with zero attached hydrogens (tertiary/aromatic N) is 2. The molecule has 16 heteroatoms. The van der Waals surface area contributed by atoms with Crippen molar-refractivity contribution in [1.82, 2.24) is 20.6 Å². The fourth-order valence-corrected chi connectivity index (χ4v) is 8.77. The first-order valence-corrected chi connectivity index (χ1v) is 19.4. The van der Waals surface area contributed by atoms with Gasteiger partial charge in [-0.05, 0) is 114 Å². The predicted molar refractivity (Wildman–Crippen MR) is 194 cm³/mol. The van der Waals surface area contributed by atoms with E-state index in [0.717, 1.165) is 42.9 Å². The summed E-state index contributed by atoms with van der Waals surface area (Å²) in [5.74, 6) is -1.71. The van der Waals surface area contributed by atoms with Crippen LogP contribution in [0.4, 0.5) is 23.9 Å². The summed E-state index contributed by atoms with van der Waals surface area (Å²) in [6.07, 6.45) is -1.97. The molecule has 1 heterocycles. The molecule has 1 atom stereocenters. The van der Waals surface area contributed by atoms with Gasteiger partial charge >= 0.3 is 18.2 Å². The van der Waals surface area contributed by atoms with Crippen molar-refractivity contribution in [2.75, 3.05) is 11.3 Å². The zero-order valence-electron chi connectivity index (χ0n) is 30.8. The molecule has 3 aliphatic carbocycles. The Labute approximate surface area is 312 Å². The van der Waals surface area contributed by atoms with Gasteiger partial charge in [-0.1, -0.05) is 24.3 Å². The quantitative estimate of drug-likeness (QED) is 0.140. The second-order valence-corrected chi connectivity index (χ2v) is 17.8. The molecule has 1 amide bonds. The van der Waals surface area contributed by atoms with Crippen LogP contribution in [0.1, 0.15) is 87.2 Å². The first-order chi connectivity index (χ1) is 25.1. The van der Waals surface area contributed by atoms with E-state index in [0.29, 0.717) is 11.3 Å². The lowest BCUT2D eigenvalue weighted by atomic mass is 9.52. The number of benzene rings is 2. The number of amides is 1. The highest BCUT2D eigenvalue weighted by Crippen LogP contribution is 2.61. The number of alkyl carbamates (subject to hydrolysis) is 1. The Morgan fingerprint density at radius 1 is 0.963 bits per heavy atom. The first kappa shape index (κ1) is 39.3. The number of halogens is 3. The number of carbonyl (C=O) groups excluding carboxylic acids is 1. The molecule has 292 valence electrons. The molecule has 3 aromatic rings. The van der Waals surface area contributed by atoms with Gasteiger partial charge < -0.3 is 25.2 Å². The molecular weight excluding hydrogens is 728 g/mol. The minimum atomic E-state index is -4.38. The van der Waals surface area contributed by atoms with Gasteiger partial charge in [-0.2, -0.15) is 18.2 Å². The van der Waals surface area contributed by atoms with Crippen LogP contribution < -0.4 is 20.1 Å². The number of carboxylic acids is 1. The number of aromatic nitrogens is 2. The lowest BCUT2D eigenvalue weighted by molar-refractivity contribution is -0.191. The monoisotopic (exact) mass is 773 g/mol. The van der Waals surface area contributed by atoms with Crippen molar-refractivity contribution >= 4 is 28.0 Å². The molecule has 3 saturated carbocycles. The molecule has 0 radical (unpaired) electrons. The number of ether oxygens (including phenoxy) is 2. The Bertz CT molecular complexity index is 2000. The molecule has 2 aromatic carbocycles. The van der Waals surface area contributed by atoms with Crippen molar-refractivity contribution in [1.29, 1.82) is 0 Å². The maximum absolute atomic E-state index is 14.2. The van der Waals surface area contributed by atoms with E-state index in [1.165, 1.54) is 24.3 Å². The molecule has 1 aromatic heterocycles. The van der Waals surface area contributed by atoms with Crippen LogP contribution in [0.5, 0.6) is 5.88 Å². The highest BCUT2D eigenvalue weighted by molar-refractivity contribution is 7.92. The van der Waals surface area contributed by atoms with Crippen LogP contribution >= 0.6 is 0 Å². The first-order valence-electron chi connectivity index (χ1n) is 17.9. The maximum Gasteiger partial charge on any atom is 0.407 e. The number of rotatable bonds is 13. The third-order valence-corrected chi connectivity index (χ3v) is 11.8. The van der Waals surface area contributed by atoms with Gasteiger partial charge in [0.15, 0.2) is 0 Å². The summed E-state index contributed by atoms with van der Waals surface area (Å²) in [4.78, 5) is 32.2. The highest BCUT2D eigenvalue weighted by Gasteiger charge is 2.64. The van der Waals surface area contributed by atoms with E-state index in [2.05, 4.69) is 25.3 Å². The number of carbonyl (C=O) groups is 2. The van der Waals surface area contributed by atoms with E-state index >= 15 is 0 Å². The molecule has 54 heavy (non-hydrogen) atoms. The standard InChI is InChI=1S/C38H46F3N5O7S/c1-22-8-6-9-23(2)31(22)29-15-30(45-33(44-29)46-54(50,51)28-11-7-10-24(14-28)32(47)48)52-21-27(20-37(12-13-37)38(39,40)41)42-25-16-36(17-25)18-26(19-36)43-34(49)53-35(3,4)5/h6-11,14-15,25-27,42H,12-13,16-21H2,1-5H3,(H,43,49)(H,47,48)(H,44,45,46). The molecule has 0 aliphatic heterocycles. The number of carboxylic acid groups (broad SMARTS) is 1. The van der Waals surface area contributed by atoms with Crippen LogP contribution in [0.15, 0.2) is 53.4 Å². The highest BCUT2D eigenvalue weighted by atomic mass is 32.2. The average Bonchev–Trinajstić information content (AvgIpc) is 3.81. The van der Waals surface area contributed by atoms with Crippen molar-refractivity contribution in [2.45, 2.75) is 114 Å². The number of hydrogen-bond acceptors (Lipinski definition) is 9. The van der Waals surface area contributed by atoms with Gasteiger partial charge in [-0.15, -0.1) is 0 Å². The molecule has 3 aliphatic rings. The molecular formula is C38H46F3N5O7S. The minimum Gasteiger partial charge on any atom is -0.478 e. The van der Waals surface area contributed by atoms with E-state index in [1.54, 1.807) is 20.8 Å². The van der Waals surface area contributed by atoms with E-state index in [4.69, 9.17) is 9.47 Å². The normalized spacial score (nSPS) is 22.4. The number of anilines is 1. The molecule has 12 nitrogen and oxygen atoms in total. The van der Waals surface area contributed by atoms with Crippen molar-refractivity contribution in [2.24, 2.45) is 10.8 Å². The lowest BCUT2D eigenvalue weighted by Gasteiger charge is -2.58. The summed E-state index contributed by atoms with van der Waals surface area (Å²) >= 11 is 0. The smallest absolute Gasteiger partial charge is 0.407 e. The minimum absolute atomic E-state index is 0.00700. The molecule has 6 rings (SSSR count). The SMILES string of the molecule is Cc1cccc(C)c1-c1cc(OCC(CC2(C(F)(F)F)CC2)NC2CC3(CC(NC(=O)OC(C)(C)C)C3)C2)nc(NS(=O)(=O)c2cccc(C(=O)O)c2)n1. The van der Waals surface area contributed by atoms with Crippen molar-refractivity contribution < 1.29 is 45.8 Å². The molecule has 1 unspecified atom stereocenters. The topological polar surface area (TPSA) is 169 Å². The summed E-state index contributed by atoms with van der Waals surface area (Å²) in [7, 11) is -4.37. The predicted octanol–water partition coefficient (Wildman–Crippen LogP) is 7.16. The Morgan fingerprint density at radius 2 is 1.59 bits per heavy atom. The Morgan fingerprint density at radius 3 is 2.19 bits per heavy atom. The third kappa shape index (κ3) is 8.91. The summed E-state index contributed by atoms with van der Waals surface area (Å²) in [5.41, 5.74) is 0.0462. The molecule has 0 saturated heterocycles. The Kier molecular flexibility index (Phi) is 10.4. The van der Waals surface area contributed by atoms with Gasteiger partial charge in [0.2, 0.25) is 11.8 Å². The number of alkyl halides is 3. The van der Waals surface area contributed by atoms with Gasteiger partial charge in [0.1, 0.15) is 12.2 Å². The summed E-state index contributed by atoms with van der Waals surface area (Å²) in [6, 6.07) is 11.1. The van der Waals surface area contributed by atoms with Crippen LogP contribution in [0, 0.1) is 24.7 Å². The van der Waals surface area contributed by atoms with Crippen LogP contribution in [-0.2, 0) is 14.8 Å². The Hall–Kier alpha value is -4.44. The second-order valence-electron chi connectivity index (χ2n) is 16.1. The largest absolute Gasteiger partial charge is 0.478 e. The Balaban J connectivity index is 1.20. The van der Waals surface area contributed by atoms with Gasteiger partial charge in [-0.25, -0.2) is 27.7 Å². The number of hydrogen-bond donors (Lipinski definition) is 4. The van der Waals surface area contributed by atoms with Gasteiger partial charge in [0, 0.05) is 29.8 Å². The van der Waals surface area contributed by atoms with Gasteiger partial charge in [0.25, 0.3) is 10.0 Å². The fourth-order valence-electron chi connectivity index (χ4n) is 7.78. The van der Waals surface area contributed by atoms with Crippen LogP contribution in [0.2, 0.25) is 0 Å². The van der Waals surface area contributed by atoms with Gasteiger partial charge in [-0.3, -0.25) is 0 Å². The van der Waals surface area contributed by atoms with E-state index in [-0.39, 0.29) is 65.7 Å². The second kappa shape index (κ2) is 14.3. The number of aromatic carboxylic acids is 1. The van der Waals surface area contributed by atoms with Gasteiger partial charge in [0.05, 0.1) is 21.6 Å². The van der Waals surface area contributed by atoms with Crippen molar-refractivity contribution in [3.63, 3.8) is 0 Å². The maximum atomic E-state index is 14.2. The number of nitrogens with one attached hydrogen (secondary N) is 3. The van der Waals surface area contributed by atoms with E-state index in [9.17, 15) is 36.3 Å². The van der Waals surface area contributed by atoms with E-state index in [1.807, 2.05) is 32.0 Å². The van der Waals surface area contributed by atoms with Crippen LogP contribution in [0.3, 0.4) is 0 Å². The zero-order chi connectivity index (χ0) is 39.3. The molecule has 0 bridgehead atoms. The molecule has 3 fully saturated rings. The lowest BCUT2D eigenvalue weighted by Crippen LogP contribution is -2.62. The zero-order valence-corrected chi connectivity index (χ0v) is 31.7. The summed E-state index contributed by atoms with van der Waals surface area (Å²) in [5, 5.41) is 15.7. The average molecular weight is 774 g/mol. The molecule has 4 N–H and O–H groups in total.